The van der Waals surface area contributed by atoms with Gasteiger partial charge in [-0.1, -0.05) is 13.8 Å². The van der Waals surface area contributed by atoms with Crippen molar-refractivity contribution < 1.29 is 8.42 Å². The van der Waals surface area contributed by atoms with Crippen molar-refractivity contribution in [1.29, 1.82) is 0 Å². The number of hydrogen-bond acceptors (Lipinski definition) is 3. The van der Waals surface area contributed by atoms with E-state index in [0.717, 1.165) is 25.7 Å². The third-order valence-electron chi connectivity index (χ3n) is 5.53. The topological polar surface area (TPSA) is 52.7 Å². The summed E-state index contributed by atoms with van der Waals surface area (Å²) in [6.07, 6.45) is 6.37. The molecule has 21 heavy (non-hydrogen) atoms. The summed E-state index contributed by atoms with van der Waals surface area (Å²) in [5, 5.41) is 3.60. The molecule has 0 aliphatic carbocycles. The van der Waals surface area contributed by atoms with Gasteiger partial charge in [-0.05, 0) is 44.4 Å². The number of nitrogens with zero attached hydrogens (tertiary/aromatic N) is 2. The van der Waals surface area contributed by atoms with E-state index < -0.39 is 10.2 Å². The Morgan fingerprint density at radius 1 is 1.10 bits per heavy atom. The van der Waals surface area contributed by atoms with E-state index >= 15 is 0 Å². The van der Waals surface area contributed by atoms with Crippen molar-refractivity contribution in [3.63, 3.8) is 0 Å². The first-order valence-electron chi connectivity index (χ1n) is 8.53. The van der Waals surface area contributed by atoms with Crippen LogP contribution in [0.1, 0.15) is 52.4 Å². The average Bonchev–Trinajstić information content (AvgIpc) is 2.79. The van der Waals surface area contributed by atoms with Gasteiger partial charge in [-0.2, -0.15) is 17.0 Å². The minimum absolute atomic E-state index is 0.193. The SMILES string of the molecule is CCN(C1CC2CCC(C1)N2)S(=O)(=O)N1CCC(C)CC1. The summed E-state index contributed by atoms with van der Waals surface area (Å²) in [5.74, 6) is 0.654. The lowest BCUT2D eigenvalue weighted by molar-refractivity contribution is 0.205. The summed E-state index contributed by atoms with van der Waals surface area (Å²) in [5.41, 5.74) is 0. The monoisotopic (exact) mass is 315 g/mol. The molecular weight excluding hydrogens is 286 g/mol. The van der Waals surface area contributed by atoms with Gasteiger partial charge in [0.05, 0.1) is 0 Å². The van der Waals surface area contributed by atoms with Gasteiger partial charge in [-0.3, -0.25) is 0 Å². The summed E-state index contributed by atoms with van der Waals surface area (Å²) in [4.78, 5) is 0. The first-order valence-corrected chi connectivity index (χ1v) is 9.93. The zero-order valence-corrected chi connectivity index (χ0v) is 14.1. The highest BCUT2D eigenvalue weighted by Crippen LogP contribution is 2.32. The summed E-state index contributed by atoms with van der Waals surface area (Å²) in [7, 11) is -3.28. The van der Waals surface area contributed by atoms with E-state index in [4.69, 9.17) is 0 Å². The summed E-state index contributed by atoms with van der Waals surface area (Å²) < 4.78 is 29.5. The van der Waals surface area contributed by atoms with Crippen LogP contribution in [0.3, 0.4) is 0 Å². The van der Waals surface area contributed by atoms with E-state index in [1.807, 2.05) is 6.92 Å². The second-order valence-corrected chi connectivity index (χ2v) is 8.94. The van der Waals surface area contributed by atoms with Crippen LogP contribution in [0.4, 0.5) is 0 Å². The third kappa shape index (κ3) is 3.14. The molecule has 3 rings (SSSR count). The average molecular weight is 315 g/mol. The summed E-state index contributed by atoms with van der Waals surface area (Å²) in [6.45, 7) is 6.17. The van der Waals surface area contributed by atoms with E-state index in [2.05, 4.69) is 12.2 Å². The molecule has 5 nitrogen and oxygen atoms in total. The second kappa shape index (κ2) is 6.14. The van der Waals surface area contributed by atoms with Gasteiger partial charge in [-0.25, -0.2) is 0 Å². The van der Waals surface area contributed by atoms with Crippen LogP contribution in [0.25, 0.3) is 0 Å². The van der Waals surface area contributed by atoms with Crippen LogP contribution in [0.15, 0.2) is 0 Å². The highest BCUT2D eigenvalue weighted by atomic mass is 32.2. The van der Waals surface area contributed by atoms with Crippen molar-refractivity contribution in [1.82, 2.24) is 13.9 Å². The molecule has 2 bridgehead atoms. The molecule has 3 heterocycles. The lowest BCUT2D eigenvalue weighted by Gasteiger charge is -2.40. The quantitative estimate of drug-likeness (QED) is 0.857. The van der Waals surface area contributed by atoms with Crippen molar-refractivity contribution in [3.8, 4) is 0 Å². The highest BCUT2D eigenvalue weighted by Gasteiger charge is 2.41. The Kier molecular flexibility index (Phi) is 4.60. The Morgan fingerprint density at radius 2 is 1.67 bits per heavy atom. The zero-order chi connectivity index (χ0) is 15.0. The molecule has 1 N–H and O–H groups in total. The molecule has 3 aliphatic rings. The molecule has 3 saturated heterocycles. The molecule has 2 atom stereocenters. The predicted octanol–water partition coefficient (Wildman–Crippen LogP) is 1.57. The molecule has 0 aromatic rings. The van der Waals surface area contributed by atoms with Crippen LogP contribution in [0.2, 0.25) is 0 Å². The molecule has 122 valence electrons. The molecule has 6 heteroatoms. The summed E-state index contributed by atoms with van der Waals surface area (Å²) >= 11 is 0. The fourth-order valence-corrected chi connectivity index (χ4v) is 6.08. The molecular formula is C15H29N3O2S. The van der Waals surface area contributed by atoms with Gasteiger partial charge in [0.2, 0.25) is 0 Å². The second-order valence-electron chi connectivity index (χ2n) is 7.06. The minimum Gasteiger partial charge on any atom is -0.311 e. The van der Waals surface area contributed by atoms with Crippen molar-refractivity contribution in [2.24, 2.45) is 5.92 Å². The molecule has 0 radical (unpaired) electrons. The van der Waals surface area contributed by atoms with E-state index in [0.29, 0.717) is 37.6 Å². The Balaban J connectivity index is 1.72. The normalized spacial score (nSPS) is 35.5. The fraction of sp³-hybridized carbons (Fsp3) is 1.00. The van der Waals surface area contributed by atoms with Gasteiger partial charge in [-0.15, -0.1) is 0 Å². The van der Waals surface area contributed by atoms with Crippen LogP contribution in [-0.4, -0.2) is 54.8 Å². The van der Waals surface area contributed by atoms with Crippen LogP contribution in [-0.2, 0) is 10.2 Å². The Morgan fingerprint density at radius 3 is 2.19 bits per heavy atom. The highest BCUT2D eigenvalue weighted by molar-refractivity contribution is 7.86. The van der Waals surface area contributed by atoms with Gasteiger partial charge in [0.25, 0.3) is 10.2 Å². The standard InChI is InChI=1S/C15H29N3O2S/c1-3-18(15-10-13-4-5-14(11-15)16-13)21(19,20)17-8-6-12(2)7-9-17/h12-16H,3-11H2,1-2H3. The Hall–Kier alpha value is -0.170. The van der Waals surface area contributed by atoms with Crippen LogP contribution < -0.4 is 5.32 Å². The van der Waals surface area contributed by atoms with Gasteiger partial charge in [0.15, 0.2) is 0 Å². The van der Waals surface area contributed by atoms with E-state index in [9.17, 15) is 8.42 Å². The molecule has 3 fully saturated rings. The number of hydrogen-bond donors (Lipinski definition) is 1. The lowest BCUT2D eigenvalue weighted by Crippen LogP contribution is -2.54. The molecule has 0 aromatic carbocycles. The Bertz CT molecular complexity index is 448. The van der Waals surface area contributed by atoms with Crippen LogP contribution in [0.5, 0.6) is 0 Å². The van der Waals surface area contributed by atoms with Crippen molar-refractivity contribution in [2.45, 2.75) is 70.5 Å². The number of piperidine rings is 2. The van der Waals surface area contributed by atoms with E-state index in [1.54, 1.807) is 8.61 Å². The molecule has 3 aliphatic heterocycles. The van der Waals surface area contributed by atoms with Gasteiger partial charge in [0, 0.05) is 37.8 Å². The van der Waals surface area contributed by atoms with E-state index in [-0.39, 0.29) is 6.04 Å². The molecule has 0 saturated carbocycles. The largest absolute Gasteiger partial charge is 0.311 e. The molecule has 0 aromatic heterocycles. The maximum absolute atomic E-state index is 13.0. The number of rotatable bonds is 4. The number of nitrogens with one attached hydrogen (secondary N) is 1. The van der Waals surface area contributed by atoms with Gasteiger partial charge >= 0.3 is 0 Å². The number of fused-ring (bicyclic) bond motifs is 2. The molecule has 0 amide bonds. The van der Waals surface area contributed by atoms with Gasteiger partial charge < -0.3 is 5.32 Å². The van der Waals surface area contributed by atoms with Crippen LogP contribution >= 0.6 is 0 Å². The smallest absolute Gasteiger partial charge is 0.282 e. The molecule has 2 unspecified atom stereocenters. The third-order valence-corrected chi connectivity index (χ3v) is 7.70. The summed E-state index contributed by atoms with van der Waals surface area (Å²) in [6, 6.07) is 1.25. The predicted molar refractivity (Wildman–Crippen MR) is 84.2 cm³/mol. The van der Waals surface area contributed by atoms with Crippen molar-refractivity contribution in [2.75, 3.05) is 19.6 Å². The zero-order valence-electron chi connectivity index (χ0n) is 13.3. The fourth-order valence-electron chi connectivity index (χ4n) is 4.24. The maximum Gasteiger partial charge on any atom is 0.282 e. The van der Waals surface area contributed by atoms with E-state index in [1.165, 1.54) is 12.8 Å². The Labute approximate surface area is 129 Å². The van der Waals surface area contributed by atoms with Crippen LogP contribution in [0, 0.1) is 5.92 Å². The van der Waals surface area contributed by atoms with Gasteiger partial charge in [0.1, 0.15) is 0 Å². The van der Waals surface area contributed by atoms with Crippen molar-refractivity contribution >= 4 is 10.2 Å². The molecule has 0 spiro atoms. The first-order chi connectivity index (χ1) is 10.0. The lowest BCUT2D eigenvalue weighted by atomic mass is 10.00. The minimum atomic E-state index is -3.28. The van der Waals surface area contributed by atoms with Crippen molar-refractivity contribution in [3.05, 3.63) is 0 Å². The maximum atomic E-state index is 13.0. The first kappa shape index (κ1) is 15.7.